The lowest BCUT2D eigenvalue weighted by Gasteiger charge is -2.06. The minimum absolute atomic E-state index is 0.387. The maximum Gasteiger partial charge on any atom is 0.0495 e. The molecule has 1 unspecified atom stereocenters. The van der Waals surface area contributed by atoms with Crippen LogP contribution in [0.25, 0.3) is 10.4 Å². The van der Waals surface area contributed by atoms with Crippen molar-refractivity contribution in [3.05, 3.63) is 45.8 Å². The van der Waals surface area contributed by atoms with Gasteiger partial charge in [-0.1, -0.05) is 23.7 Å². The first-order valence-corrected chi connectivity index (χ1v) is 6.85. The number of thiophene rings is 1. The van der Waals surface area contributed by atoms with Crippen LogP contribution in [-0.2, 0) is 0 Å². The first-order chi connectivity index (χ1) is 8.11. The Hall–Kier alpha value is -0.830. The van der Waals surface area contributed by atoms with Gasteiger partial charge in [0, 0.05) is 26.4 Å². The Labute approximate surface area is 111 Å². The van der Waals surface area contributed by atoms with E-state index in [1.54, 1.807) is 11.3 Å². The van der Waals surface area contributed by atoms with E-state index in [0.29, 0.717) is 6.04 Å². The number of nitrogens with one attached hydrogen (secondary N) is 1. The van der Waals surface area contributed by atoms with Gasteiger partial charge in [0.2, 0.25) is 0 Å². The Bertz CT molecular complexity index is 519. The van der Waals surface area contributed by atoms with E-state index in [4.69, 9.17) is 11.6 Å². The van der Waals surface area contributed by atoms with Crippen molar-refractivity contribution in [1.29, 1.82) is 0 Å². The number of hydrogen-bond donors (Lipinski definition) is 1. The molecule has 3 heteroatoms. The zero-order chi connectivity index (χ0) is 12.4. The van der Waals surface area contributed by atoms with Crippen LogP contribution in [-0.4, -0.2) is 7.05 Å². The Balaban J connectivity index is 2.37. The molecule has 0 bridgehead atoms. The number of benzene rings is 1. The largest absolute Gasteiger partial charge is 0.313 e. The zero-order valence-corrected chi connectivity index (χ0v) is 11.8. The van der Waals surface area contributed by atoms with Crippen molar-refractivity contribution >= 4 is 22.9 Å². The molecule has 0 saturated heterocycles. The first kappa shape index (κ1) is 12.6. The van der Waals surface area contributed by atoms with Gasteiger partial charge in [0.1, 0.15) is 0 Å². The number of halogens is 1. The summed E-state index contributed by atoms with van der Waals surface area (Å²) in [4.78, 5) is 2.56. The van der Waals surface area contributed by atoms with Crippen LogP contribution in [0.15, 0.2) is 30.3 Å². The lowest BCUT2D eigenvalue weighted by Crippen LogP contribution is -2.10. The summed E-state index contributed by atoms with van der Waals surface area (Å²) in [5, 5.41) is 4.08. The molecular formula is C14H16ClNS. The van der Waals surface area contributed by atoms with E-state index in [1.807, 2.05) is 13.1 Å². The van der Waals surface area contributed by atoms with Crippen LogP contribution in [0.1, 0.15) is 23.4 Å². The number of hydrogen-bond acceptors (Lipinski definition) is 2. The molecule has 1 nitrogen and oxygen atoms in total. The van der Waals surface area contributed by atoms with Gasteiger partial charge in [-0.3, -0.25) is 0 Å². The second-order valence-electron chi connectivity index (χ2n) is 4.20. The minimum atomic E-state index is 0.387. The average Bonchev–Trinajstić information content (AvgIpc) is 2.77. The summed E-state index contributed by atoms with van der Waals surface area (Å²) in [5.74, 6) is 0. The van der Waals surface area contributed by atoms with Crippen LogP contribution < -0.4 is 5.32 Å². The molecule has 2 rings (SSSR count). The predicted octanol–water partition coefficient (Wildman–Crippen LogP) is 4.66. The van der Waals surface area contributed by atoms with E-state index in [9.17, 15) is 0 Å². The Morgan fingerprint density at radius 2 is 2.00 bits per heavy atom. The summed E-state index contributed by atoms with van der Waals surface area (Å²) in [7, 11) is 1.98. The molecular weight excluding hydrogens is 250 g/mol. The summed E-state index contributed by atoms with van der Waals surface area (Å²) in [6.07, 6.45) is 0. The standard InChI is InChI=1S/C14H16ClNS/c1-9-4-5-11(12(15)8-9)14-7-6-13(17-14)10(2)16-3/h4-8,10,16H,1-3H3. The molecule has 0 aliphatic heterocycles. The third-order valence-corrected chi connectivity index (χ3v) is 4.49. The van der Waals surface area contributed by atoms with Gasteiger partial charge in [-0.2, -0.15) is 0 Å². The molecule has 0 saturated carbocycles. The molecule has 0 amide bonds. The molecule has 1 N–H and O–H groups in total. The highest BCUT2D eigenvalue weighted by atomic mass is 35.5. The highest BCUT2D eigenvalue weighted by Gasteiger charge is 2.10. The smallest absolute Gasteiger partial charge is 0.0495 e. The van der Waals surface area contributed by atoms with Crippen LogP contribution >= 0.6 is 22.9 Å². The van der Waals surface area contributed by atoms with Crippen LogP contribution in [0.5, 0.6) is 0 Å². The van der Waals surface area contributed by atoms with Crippen LogP contribution in [0.2, 0.25) is 5.02 Å². The van der Waals surface area contributed by atoms with Gasteiger partial charge < -0.3 is 5.32 Å². The van der Waals surface area contributed by atoms with Crippen LogP contribution in [0.3, 0.4) is 0 Å². The fourth-order valence-corrected chi connectivity index (χ4v) is 3.19. The van der Waals surface area contributed by atoms with E-state index in [1.165, 1.54) is 15.3 Å². The molecule has 0 radical (unpaired) electrons. The van der Waals surface area contributed by atoms with Gasteiger partial charge in [-0.05, 0) is 44.7 Å². The van der Waals surface area contributed by atoms with Crippen molar-refractivity contribution in [2.75, 3.05) is 7.05 Å². The Kier molecular flexibility index (Phi) is 3.87. The van der Waals surface area contributed by atoms with E-state index in [-0.39, 0.29) is 0 Å². The minimum Gasteiger partial charge on any atom is -0.313 e. The van der Waals surface area contributed by atoms with Crippen LogP contribution in [0, 0.1) is 6.92 Å². The lowest BCUT2D eigenvalue weighted by atomic mass is 10.1. The van der Waals surface area contributed by atoms with Crippen molar-refractivity contribution in [3.63, 3.8) is 0 Å². The maximum absolute atomic E-state index is 6.28. The summed E-state index contributed by atoms with van der Waals surface area (Å²) in [5.41, 5.74) is 2.32. The Morgan fingerprint density at radius 3 is 2.65 bits per heavy atom. The third kappa shape index (κ3) is 2.71. The van der Waals surface area contributed by atoms with Gasteiger partial charge in [0.05, 0.1) is 0 Å². The third-order valence-electron chi connectivity index (χ3n) is 2.88. The van der Waals surface area contributed by atoms with Gasteiger partial charge in [-0.25, -0.2) is 0 Å². The first-order valence-electron chi connectivity index (χ1n) is 5.65. The van der Waals surface area contributed by atoms with E-state index in [0.717, 1.165) is 10.6 Å². The van der Waals surface area contributed by atoms with Crippen molar-refractivity contribution < 1.29 is 0 Å². The molecule has 1 aromatic carbocycles. The molecule has 1 heterocycles. The summed E-state index contributed by atoms with van der Waals surface area (Å²) < 4.78 is 0. The summed E-state index contributed by atoms with van der Waals surface area (Å²) in [6.45, 7) is 4.21. The molecule has 0 aliphatic rings. The SMILES string of the molecule is CNC(C)c1ccc(-c2ccc(C)cc2Cl)s1. The molecule has 0 fully saturated rings. The summed E-state index contributed by atoms with van der Waals surface area (Å²) >= 11 is 8.07. The second-order valence-corrected chi connectivity index (χ2v) is 5.72. The van der Waals surface area contributed by atoms with Crippen molar-refractivity contribution in [2.24, 2.45) is 0 Å². The lowest BCUT2D eigenvalue weighted by molar-refractivity contribution is 0.664. The number of rotatable bonds is 3. The second kappa shape index (κ2) is 5.21. The fraction of sp³-hybridized carbons (Fsp3) is 0.286. The molecule has 0 spiro atoms. The van der Waals surface area contributed by atoms with Gasteiger partial charge in [0.15, 0.2) is 0 Å². The molecule has 2 aromatic rings. The molecule has 1 aromatic heterocycles. The fourth-order valence-electron chi connectivity index (χ4n) is 1.69. The van der Waals surface area contributed by atoms with E-state index >= 15 is 0 Å². The zero-order valence-electron chi connectivity index (χ0n) is 10.3. The van der Waals surface area contributed by atoms with Crippen molar-refractivity contribution in [2.45, 2.75) is 19.9 Å². The Morgan fingerprint density at radius 1 is 1.24 bits per heavy atom. The normalized spacial score (nSPS) is 12.7. The highest BCUT2D eigenvalue weighted by Crippen LogP contribution is 2.35. The predicted molar refractivity (Wildman–Crippen MR) is 77.0 cm³/mol. The van der Waals surface area contributed by atoms with E-state index < -0.39 is 0 Å². The van der Waals surface area contributed by atoms with Crippen molar-refractivity contribution in [1.82, 2.24) is 5.32 Å². The molecule has 0 aliphatic carbocycles. The monoisotopic (exact) mass is 265 g/mol. The van der Waals surface area contributed by atoms with Crippen molar-refractivity contribution in [3.8, 4) is 10.4 Å². The topological polar surface area (TPSA) is 12.0 Å². The van der Waals surface area contributed by atoms with Crippen LogP contribution in [0.4, 0.5) is 0 Å². The molecule has 1 atom stereocenters. The van der Waals surface area contributed by atoms with Gasteiger partial charge in [-0.15, -0.1) is 11.3 Å². The molecule has 90 valence electrons. The summed E-state index contributed by atoms with van der Waals surface area (Å²) in [6, 6.07) is 10.9. The van der Waals surface area contributed by atoms with Gasteiger partial charge in [0.25, 0.3) is 0 Å². The molecule has 17 heavy (non-hydrogen) atoms. The average molecular weight is 266 g/mol. The number of aryl methyl sites for hydroxylation is 1. The van der Waals surface area contributed by atoms with E-state index in [2.05, 4.69) is 43.4 Å². The maximum atomic E-state index is 6.28. The van der Waals surface area contributed by atoms with Gasteiger partial charge >= 0.3 is 0 Å². The highest BCUT2D eigenvalue weighted by molar-refractivity contribution is 7.15. The quantitative estimate of drug-likeness (QED) is 0.851.